The molecular formula is C14H16BrNO3S. The fraction of sp³-hybridized carbons (Fsp3) is 0.500. The predicted octanol–water partition coefficient (Wildman–Crippen LogP) is 2.51. The van der Waals surface area contributed by atoms with Crippen LogP contribution in [0.5, 0.6) is 0 Å². The molecule has 1 saturated carbocycles. The Hall–Kier alpha value is -0.900. The molecule has 20 heavy (non-hydrogen) atoms. The SMILES string of the molecule is CCS(=O)(=O)[C@@H]1[C@H](c2ccc(Br)cc2)[C@]1(C#N)COC. The van der Waals surface area contributed by atoms with Crippen molar-refractivity contribution in [3.05, 3.63) is 34.3 Å². The summed E-state index contributed by atoms with van der Waals surface area (Å²) in [5.74, 6) is -0.275. The van der Waals surface area contributed by atoms with Gasteiger partial charge in [0.1, 0.15) is 5.41 Å². The van der Waals surface area contributed by atoms with E-state index in [-0.39, 0.29) is 18.3 Å². The van der Waals surface area contributed by atoms with Crippen LogP contribution in [0.25, 0.3) is 0 Å². The summed E-state index contributed by atoms with van der Waals surface area (Å²) in [7, 11) is -1.80. The number of nitrogens with zero attached hydrogens (tertiary/aromatic N) is 1. The fourth-order valence-electron chi connectivity index (χ4n) is 2.83. The molecule has 1 aliphatic carbocycles. The molecule has 0 saturated heterocycles. The van der Waals surface area contributed by atoms with Gasteiger partial charge >= 0.3 is 0 Å². The maximum absolute atomic E-state index is 12.2. The number of hydrogen-bond acceptors (Lipinski definition) is 4. The van der Waals surface area contributed by atoms with Gasteiger partial charge in [-0.15, -0.1) is 0 Å². The van der Waals surface area contributed by atoms with E-state index < -0.39 is 20.5 Å². The molecule has 3 atom stereocenters. The van der Waals surface area contributed by atoms with Crippen molar-refractivity contribution in [1.29, 1.82) is 5.26 Å². The van der Waals surface area contributed by atoms with Gasteiger partial charge < -0.3 is 4.74 Å². The molecule has 1 aliphatic rings. The van der Waals surface area contributed by atoms with Gasteiger partial charge in [0.2, 0.25) is 0 Å². The molecule has 1 aromatic rings. The molecule has 0 spiro atoms. The van der Waals surface area contributed by atoms with Crippen LogP contribution in [0.3, 0.4) is 0 Å². The Morgan fingerprint density at radius 3 is 2.45 bits per heavy atom. The summed E-state index contributed by atoms with van der Waals surface area (Å²) in [6, 6.07) is 9.64. The first-order valence-corrected chi connectivity index (χ1v) is 8.81. The summed E-state index contributed by atoms with van der Waals surface area (Å²) in [5, 5.41) is 8.82. The molecule has 1 fully saturated rings. The lowest BCUT2D eigenvalue weighted by molar-refractivity contribution is 0.162. The van der Waals surface area contributed by atoms with E-state index in [1.807, 2.05) is 24.3 Å². The Bertz CT molecular complexity index is 635. The quantitative estimate of drug-likeness (QED) is 0.811. The summed E-state index contributed by atoms with van der Waals surface area (Å²) in [5.41, 5.74) is -0.0916. The lowest BCUT2D eigenvalue weighted by Crippen LogP contribution is -2.20. The Balaban J connectivity index is 2.45. The van der Waals surface area contributed by atoms with Gasteiger partial charge in [0.25, 0.3) is 0 Å². The van der Waals surface area contributed by atoms with Crippen LogP contribution >= 0.6 is 15.9 Å². The Kier molecular flexibility index (Phi) is 4.24. The molecule has 6 heteroatoms. The van der Waals surface area contributed by atoms with Crippen LogP contribution in [0, 0.1) is 16.7 Å². The second-order valence-corrected chi connectivity index (χ2v) is 8.31. The average molecular weight is 358 g/mol. The lowest BCUT2D eigenvalue weighted by atomic mass is 10.0. The first-order chi connectivity index (χ1) is 9.43. The molecule has 0 N–H and O–H groups in total. The number of sulfone groups is 1. The van der Waals surface area contributed by atoms with Crippen LogP contribution < -0.4 is 0 Å². The van der Waals surface area contributed by atoms with Gasteiger partial charge in [-0.2, -0.15) is 5.26 Å². The van der Waals surface area contributed by atoms with Crippen molar-refractivity contribution in [2.24, 2.45) is 5.41 Å². The first kappa shape index (κ1) is 15.5. The molecule has 0 aliphatic heterocycles. The van der Waals surface area contributed by atoms with Crippen molar-refractivity contribution in [1.82, 2.24) is 0 Å². The number of rotatable bonds is 5. The van der Waals surface area contributed by atoms with Gasteiger partial charge in [-0.1, -0.05) is 35.0 Å². The monoisotopic (exact) mass is 357 g/mol. The third-order valence-electron chi connectivity index (χ3n) is 3.87. The van der Waals surface area contributed by atoms with Crippen molar-refractivity contribution in [3.63, 3.8) is 0 Å². The van der Waals surface area contributed by atoms with E-state index in [9.17, 15) is 13.7 Å². The molecule has 0 heterocycles. The zero-order valence-corrected chi connectivity index (χ0v) is 13.7. The highest BCUT2D eigenvalue weighted by Crippen LogP contribution is 2.62. The van der Waals surface area contributed by atoms with Crippen molar-refractivity contribution in [2.75, 3.05) is 19.5 Å². The maximum atomic E-state index is 12.2. The molecule has 1 aromatic carbocycles. The second kappa shape index (κ2) is 5.47. The van der Waals surface area contributed by atoms with Gasteiger partial charge in [-0.05, 0) is 17.7 Å². The third kappa shape index (κ3) is 2.39. The van der Waals surface area contributed by atoms with E-state index in [1.165, 1.54) is 7.11 Å². The van der Waals surface area contributed by atoms with Crippen LogP contribution in [0.4, 0.5) is 0 Å². The second-order valence-electron chi connectivity index (χ2n) is 4.99. The number of halogens is 1. The number of methoxy groups -OCH3 is 1. The average Bonchev–Trinajstić information content (AvgIpc) is 3.10. The van der Waals surface area contributed by atoms with Crippen LogP contribution in [0.1, 0.15) is 18.4 Å². The smallest absolute Gasteiger partial charge is 0.155 e. The highest BCUT2D eigenvalue weighted by Gasteiger charge is 2.71. The van der Waals surface area contributed by atoms with Crippen LogP contribution in [-0.2, 0) is 14.6 Å². The number of nitriles is 1. The molecule has 108 valence electrons. The van der Waals surface area contributed by atoms with E-state index in [1.54, 1.807) is 6.92 Å². The summed E-state index contributed by atoms with van der Waals surface area (Å²) in [4.78, 5) is 0. The zero-order chi connectivity index (χ0) is 15.0. The number of ether oxygens (including phenoxy) is 1. The van der Waals surface area contributed by atoms with Crippen molar-refractivity contribution < 1.29 is 13.2 Å². The molecule has 0 aromatic heterocycles. The summed E-state index contributed by atoms with van der Waals surface area (Å²) in [6.07, 6.45) is 0. The van der Waals surface area contributed by atoms with Gasteiger partial charge in [0, 0.05) is 23.3 Å². The van der Waals surface area contributed by atoms with Crippen molar-refractivity contribution >= 4 is 25.8 Å². The van der Waals surface area contributed by atoms with Gasteiger partial charge in [-0.25, -0.2) is 8.42 Å². The topological polar surface area (TPSA) is 67.2 Å². The highest BCUT2D eigenvalue weighted by atomic mass is 79.9. The molecule has 0 amide bonds. The van der Waals surface area contributed by atoms with Crippen LogP contribution in [-0.4, -0.2) is 33.1 Å². The maximum Gasteiger partial charge on any atom is 0.155 e. The standard InChI is InChI=1S/C14H16BrNO3S/c1-3-20(17,18)13-12(14(13,8-16)9-19-2)10-4-6-11(15)7-5-10/h4-7,12-13H,3,9H2,1-2H3/t12-,13+,14-/m0/s1. The normalized spacial score (nSPS) is 28.9. The number of benzene rings is 1. The Labute approximate surface area is 127 Å². The van der Waals surface area contributed by atoms with E-state index in [2.05, 4.69) is 22.0 Å². The van der Waals surface area contributed by atoms with Crippen molar-refractivity contribution in [3.8, 4) is 6.07 Å². The molecule has 2 rings (SSSR count). The largest absolute Gasteiger partial charge is 0.383 e. The summed E-state index contributed by atoms with van der Waals surface area (Å²) >= 11 is 3.35. The van der Waals surface area contributed by atoms with E-state index >= 15 is 0 Å². The van der Waals surface area contributed by atoms with Gasteiger partial charge in [0.15, 0.2) is 9.84 Å². The molecule has 0 bridgehead atoms. The van der Waals surface area contributed by atoms with Crippen LogP contribution in [0.2, 0.25) is 0 Å². The van der Waals surface area contributed by atoms with E-state index in [0.29, 0.717) is 0 Å². The van der Waals surface area contributed by atoms with E-state index in [0.717, 1.165) is 10.0 Å². The lowest BCUT2D eigenvalue weighted by Gasteiger charge is -2.07. The Morgan fingerprint density at radius 2 is 2.00 bits per heavy atom. The summed E-state index contributed by atoms with van der Waals surface area (Å²) in [6.45, 7) is 1.75. The number of hydrogen-bond donors (Lipinski definition) is 0. The minimum atomic E-state index is -3.29. The molecule has 0 radical (unpaired) electrons. The van der Waals surface area contributed by atoms with E-state index in [4.69, 9.17) is 4.74 Å². The minimum absolute atomic E-state index is 0.0395. The summed E-state index contributed by atoms with van der Waals surface area (Å²) < 4.78 is 30.5. The van der Waals surface area contributed by atoms with Gasteiger partial charge in [-0.3, -0.25) is 0 Å². The zero-order valence-electron chi connectivity index (χ0n) is 11.3. The fourth-order valence-corrected chi connectivity index (χ4v) is 5.10. The third-order valence-corrected chi connectivity index (χ3v) is 6.67. The minimum Gasteiger partial charge on any atom is -0.383 e. The first-order valence-electron chi connectivity index (χ1n) is 6.30. The van der Waals surface area contributed by atoms with Crippen LogP contribution in [0.15, 0.2) is 28.7 Å². The Morgan fingerprint density at radius 1 is 1.40 bits per heavy atom. The molecular weight excluding hydrogens is 342 g/mol. The predicted molar refractivity (Wildman–Crippen MR) is 80.1 cm³/mol. The molecule has 0 unspecified atom stereocenters. The van der Waals surface area contributed by atoms with Crippen molar-refractivity contribution in [2.45, 2.75) is 18.1 Å². The highest BCUT2D eigenvalue weighted by molar-refractivity contribution is 9.10. The van der Waals surface area contributed by atoms with Gasteiger partial charge in [0.05, 0.1) is 17.9 Å². The molecule has 4 nitrogen and oxygen atoms in total.